The molecule has 1 aromatic heterocycles. The van der Waals surface area contributed by atoms with Crippen LogP contribution in [0.25, 0.3) is 11.3 Å². The van der Waals surface area contributed by atoms with Gasteiger partial charge in [0.15, 0.2) is 0 Å². The summed E-state index contributed by atoms with van der Waals surface area (Å²) in [5.74, 6) is -1.84. The Balaban J connectivity index is 1.78. The average Bonchev–Trinajstić information content (AvgIpc) is 3.00. The van der Waals surface area contributed by atoms with Crippen LogP contribution in [0.3, 0.4) is 0 Å². The maximum absolute atomic E-state index is 14.2. The van der Waals surface area contributed by atoms with Crippen LogP contribution in [0.15, 0.2) is 24.3 Å². The lowest BCUT2D eigenvalue weighted by atomic mass is 9.69. The molecule has 0 unspecified atom stereocenters. The van der Waals surface area contributed by atoms with Gasteiger partial charge in [-0.25, -0.2) is 8.78 Å². The summed E-state index contributed by atoms with van der Waals surface area (Å²) < 4.78 is 93.9. The van der Waals surface area contributed by atoms with Gasteiger partial charge in [0.1, 0.15) is 11.6 Å². The number of aromatic nitrogens is 2. The summed E-state index contributed by atoms with van der Waals surface area (Å²) in [5.41, 5.74) is -6.84. The van der Waals surface area contributed by atoms with E-state index >= 15 is 0 Å². The highest BCUT2D eigenvalue weighted by atomic mass is 32.2. The molecule has 2 aliphatic carbocycles. The minimum Gasteiger partial charge on any atom is -0.262 e. The molecule has 4 rings (SSSR count). The molecule has 1 saturated carbocycles. The Morgan fingerprint density at radius 2 is 1.80 bits per heavy atom. The first-order valence-corrected chi connectivity index (χ1v) is 10.5. The van der Waals surface area contributed by atoms with Crippen LogP contribution in [0, 0.1) is 17.0 Å². The van der Waals surface area contributed by atoms with Crippen molar-refractivity contribution in [1.82, 2.24) is 10.2 Å². The van der Waals surface area contributed by atoms with E-state index in [2.05, 4.69) is 14.4 Å². The summed E-state index contributed by atoms with van der Waals surface area (Å²) in [4.78, 5) is 0. The predicted molar refractivity (Wildman–Crippen MR) is 95.7 cm³/mol. The number of halogens is 5. The second-order valence-corrected chi connectivity index (χ2v) is 9.79. The van der Waals surface area contributed by atoms with Crippen molar-refractivity contribution in [3.05, 3.63) is 47.2 Å². The SMILES string of the molecule is CC1(C)[C@H]2CC[C@]1(COS(=O)(=O)C(F)(F)F)c1nnc(-c3c(F)cccc3F)cc12. The summed E-state index contributed by atoms with van der Waals surface area (Å²) in [6, 6.07) is 4.87. The highest BCUT2D eigenvalue weighted by Gasteiger charge is 2.64. The van der Waals surface area contributed by atoms with E-state index in [9.17, 15) is 30.4 Å². The molecule has 0 radical (unpaired) electrons. The monoisotopic (exact) mass is 448 g/mol. The lowest BCUT2D eigenvalue weighted by Gasteiger charge is -2.37. The summed E-state index contributed by atoms with van der Waals surface area (Å²) in [7, 11) is -5.78. The standard InChI is InChI=1S/C19H17F5N2O3S/c1-17(2)11-6-7-18(17,9-29-30(27,28)19(22,23)24)16-10(11)8-14(25-26-16)15-12(20)4-3-5-13(15)21/h3-5,8,11H,6-7,9H2,1-2H3/t11-,18-/m0/s1. The van der Waals surface area contributed by atoms with Crippen LogP contribution < -0.4 is 0 Å². The lowest BCUT2D eigenvalue weighted by molar-refractivity contribution is -0.0566. The molecule has 0 N–H and O–H groups in total. The summed E-state index contributed by atoms with van der Waals surface area (Å²) in [6.45, 7) is 2.84. The third kappa shape index (κ3) is 2.78. The molecule has 1 aromatic carbocycles. The zero-order valence-electron chi connectivity index (χ0n) is 15.9. The summed E-state index contributed by atoms with van der Waals surface area (Å²) in [5, 5.41) is 8.00. The van der Waals surface area contributed by atoms with Gasteiger partial charge in [0, 0.05) is 5.41 Å². The second kappa shape index (κ2) is 6.43. The summed E-state index contributed by atoms with van der Waals surface area (Å²) >= 11 is 0. The van der Waals surface area contributed by atoms with Gasteiger partial charge >= 0.3 is 15.6 Å². The van der Waals surface area contributed by atoms with Crippen LogP contribution in [0.2, 0.25) is 0 Å². The molecule has 0 spiro atoms. The van der Waals surface area contributed by atoms with E-state index in [4.69, 9.17) is 0 Å². The number of alkyl halides is 3. The minimum atomic E-state index is -5.78. The Hall–Kier alpha value is -2.14. The first-order chi connectivity index (χ1) is 13.8. The predicted octanol–water partition coefficient (Wildman–Crippen LogP) is 4.44. The van der Waals surface area contributed by atoms with Crippen molar-refractivity contribution in [3.8, 4) is 11.3 Å². The molecule has 162 valence electrons. The van der Waals surface area contributed by atoms with Crippen molar-refractivity contribution >= 4 is 10.1 Å². The van der Waals surface area contributed by atoms with Gasteiger partial charge in [-0.05, 0) is 47.9 Å². The van der Waals surface area contributed by atoms with Crippen LogP contribution in [-0.4, -0.2) is 30.7 Å². The number of fused-ring (bicyclic) bond motifs is 5. The molecule has 30 heavy (non-hydrogen) atoms. The van der Waals surface area contributed by atoms with Gasteiger partial charge in [-0.15, -0.1) is 0 Å². The van der Waals surface area contributed by atoms with Gasteiger partial charge < -0.3 is 0 Å². The number of hydrogen-bond acceptors (Lipinski definition) is 5. The third-order valence-electron chi connectivity index (χ3n) is 6.58. The first-order valence-electron chi connectivity index (χ1n) is 9.10. The molecule has 0 aliphatic heterocycles. The van der Waals surface area contributed by atoms with E-state index in [1.807, 2.05) is 0 Å². The fourth-order valence-electron chi connectivity index (χ4n) is 4.86. The van der Waals surface area contributed by atoms with Crippen LogP contribution in [0.1, 0.15) is 43.9 Å². The Bertz CT molecular complexity index is 1110. The zero-order chi connectivity index (χ0) is 22.1. The fourth-order valence-corrected chi connectivity index (χ4v) is 5.35. The van der Waals surface area contributed by atoms with Crippen molar-refractivity contribution in [3.63, 3.8) is 0 Å². The largest absolute Gasteiger partial charge is 0.523 e. The van der Waals surface area contributed by atoms with Crippen LogP contribution in [0.5, 0.6) is 0 Å². The van der Waals surface area contributed by atoms with E-state index in [0.717, 1.165) is 12.1 Å². The van der Waals surface area contributed by atoms with E-state index < -0.39 is 44.7 Å². The molecule has 5 nitrogen and oxygen atoms in total. The average molecular weight is 448 g/mol. The highest BCUT2D eigenvalue weighted by Crippen LogP contribution is 2.67. The Labute approximate surface area is 169 Å². The van der Waals surface area contributed by atoms with Crippen molar-refractivity contribution in [2.75, 3.05) is 6.61 Å². The number of benzene rings is 1. The molecular weight excluding hydrogens is 431 g/mol. The number of rotatable bonds is 4. The van der Waals surface area contributed by atoms with Gasteiger partial charge in [0.2, 0.25) is 0 Å². The smallest absolute Gasteiger partial charge is 0.262 e. The molecule has 2 bridgehead atoms. The van der Waals surface area contributed by atoms with E-state index in [1.54, 1.807) is 13.8 Å². The maximum atomic E-state index is 14.2. The highest BCUT2D eigenvalue weighted by molar-refractivity contribution is 7.87. The number of hydrogen-bond donors (Lipinski definition) is 0. The molecule has 1 heterocycles. The van der Waals surface area contributed by atoms with Crippen molar-refractivity contribution in [2.24, 2.45) is 5.41 Å². The Kier molecular flexibility index (Phi) is 4.52. The molecule has 0 amide bonds. The van der Waals surface area contributed by atoms with Crippen LogP contribution in [-0.2, 0) is 19.7 Å². The molecule has 2 aromatic rings. The minimum absolute atomic E-state index is 0.0355. The molecule has 2 aliphatic rings. The van der Waals surface area contributed by atoms with E-state index in [1.165, 1.54) is 12.1 Å². The Morgan fingerprint density at radius 3 is 2.40 bits per heavy atom. The number of nitrogens with zero attached hydrogens (tertiary/aromatic N) is 2. The molecule has 2 atom stereocenters. The van der Waals surface area contributed by atoms with Gasteiger partial charge in [0.05, 0.1) is 23.6 Å². The first kappa shape index (κ1) is 21.1. The second-order valence-electron chi connectivity index (χ2n) is 8.19. The summed E-state index contributed by atoms with van der Waals surface area (Å²) in [6.07, 6.45) is 0.896. The van der Waals surface area contributed by atoms with Crippen molar-refractivity contribution in [2.45, 2.75) is 43.5 Å². The van der Waals surface area contributed by atoms with Gasteiger partial charge in [-0.3, -0.25) is 4.18 Å². The molecule has 1 fully saturated rings. The Morgan fingerprint density at radius 1 is 1.17 bits per heavy atom. The zero-order valence-corrected chi connectivity index (χ0v) is 16.7. The van der Waals surface area contributed by atoms with Crippen LogP contribution >= 0.6 is 0 Å². The lowest BCUT2D eigenvalue weighted by Crippen LogP contribution is -2.42. The van der Waals surface area contributed by atoms with E-state index in [-0.39, 0.29) is 17.2 Å². The third-order valence-corrected chi connectivity index (χ3v) is 7.57. The fraction of sp³-hybridized carbons (Fsp3) is 0.474. The maximum Gasteiger partial charge on any atom is 0.523 e. The van der Waals surface area contributed by atoms with E-state index in [0.29, 0.717) is 24.1 Å². The van der Waals surface area contributed by atoms with Gasteiger partial charge in [-0.1, -0.05) is 19.9 Å². The molecule has 11 heteroatoms. The quantitative estimate of drug-likeness (QED) is 0.393. The van der Waals surface area contributed by atoms with Crippen LogP contribution in [0.4, 0.5) is 22.0 Å². The van der Waals surface area contributed by atoms with Crippen molar-refractivity contribution < 1.29 is 34.6 Å². The van der Waals surface area contributed by atoms with Gasteiger partial charge in [0.25, 0.3) is 0 Å². The normalized spacial score (nSPS) is 24.8. The van der Waals surface area contributed by atoms with Crippen molar-refractivity contribution in [1.29, 1.82) is 0 Å². The molecular formula is C19H17F5N2O3S. The topological polar surface area (TPSA) is 69.2 Å². The molecule has 0 saturated heterocycles. The van der Waals surface area contributed by atoms with Gasteiger partial charge in [-0.2, -0.15) is 31.8 Å².